The molecule has 1 aromatic carbocycles. The summed E-state index contributed by atoms with van der Waals surface area (Å²) in [6.45, 7) is 4.06. The maximum Gasteiger partial charge on any atom is 0.319 e. The zero-order chi connectivity index (χ0) is 22.3. The van der Waals surface area contributed by atoms with Crippen LogP contribution in [0.3, 0.4) is 0 Å². The van der Waals surface area contributed by atoms with E-state index in [1.54, 1.807) is 36.7 Å². The molecule has 1 aromatic heterocycles. The first kappa shape index (κ1) is 21.7. The van der Waals surface area contributed by atoms with E-state index in [0.29, 0.717) is 42.9 Å². The number of pyridine rings is 1. The molecule has 1 saturated heterocycles. The highest BCUT2D eigenvalue weighted by Gasteiger charge is 2.23. The maximum absolute atomic E-state index is 11.9. The lowest BCUT2D eigenvalue weighted by atomic mass is 10.2. The van der Waals surface area contributed by atoms with Gasteiger partial charge in [0.05, 0.1) is 19.3 Å². The van der Waals surface area contributed by atoms with E-state index in [4.69, 9.17) is 10.1 Å². The molecule has 8 heteroatoms. The standard InChI is InChI=1S/C24H28N6O2/c1-17-16-32-15-14-30(17)22(9-2-18-10-12-26-13-11-18)29-23(25)19-3-5-20(6-4-19)27-24(31)28-21-7-8-21/h2-6,9-13,17,21,25H,7-8,14-16H2,1H3,(H2,27,28,31). The first-order chi connectivity index (χ1) is 15.6. The van der Waals surface area contributed by atoms with Gasteiger partial charge in [-0.25, -0.2) is 9.79 Å². The average Bonchev–Trinajstić information content (AvgIpc) is 3.62. The summed E-state index contributed by atoms with van der Waals surface area (Å²) >= 11 is 0. The Kier molecular flexibility index (Phi) is 6.91. The number of anilines is 1. The Labute approximate surface area is 187 Å². The third-order valence-corrected chi connectivity index (χ3v) is 5.35. The van der Waals surface area contributed by atoms with Gasteiger partial charge >= 0.3 is 6.03 Å². The van der Waals surface area contributed by atoms with Gasteiger partial charge in [0.2, 0.25) is 0 Å². The van der Waals surface area contributed by atoms with Crippen LogP contribution in [0.15, 0.2) is 59.9 Å². The topological polar surface area (TPSA) is 103 Å². The highest BCUT2D eigenvalue weighted by atomic mass is 16.5. The molecule has 32 heavy (non-hydrogen) atoms. The number of carbonyl (C=O) groups excluding carboxylic acids is 1. The number of nitrogens with one attached hydrogen (secondary N) is 3. The summed E-state index contributed by atoms with van der Waals surface area (Å²) in [6, 6.07) is 11.3. The number of aliphatic imine (C=N–C) groups is 1. The number of nitrogens with zero attached hydrogens (tertiary/aromatic N) is 3. The summed E-state index contributed by atoms with van der Waals surface area (Å²) in [4.78, 5) is 22.8. The first-order valence-electron chi connectivity index (χ1n) is 10.9. The fraction of sp³-hybridized carbons (Fsp3) is 0.333. The van der Waals surface area contributed by atoms with E-state index in [-0.39, 0.29) is 17.9 Å². The molecular weight excluding hydrogens is 404 g/mol. The Balaban J connectivity index is 1.50. The normalized spacial score (nSPS) is 19.1. The van der Waals surface area contributed by atoms with E-state index < -0.39 is 0 Å². The number of rotatable bonds is 5. The van der Waals surface area contributed by atoms with Crippen molar-refractivity contribution in [1.82, 2.24) is 15.2 Å². The summed E-state index contributed by atoms with van der Waals surface area (Å²) in [5.41, 5.74) is 2.37. The Morgan fingerprint density at radius 2 is 1.97 bits per heavy atom. The molecule has 1 aliphatic carbocycles. The van der Waals surface area contributed by atoms with Crippen LogP contribution in [0, 0.1) is 5.41 Å². The number of carbonyl (C=O) groups is 1. The van der Waals surface area contributed by atoms with E-state index in [1.165, 1.54) is 0 Å². The summed E-state index contributed by atoms with van der Waals surface area (Å²) in [6.07, 6.45) is 9.49. The third-order valence-electron chi connectivity index (χ3n) is 5.35. The van der Waals surface area contributed by atoms with Gasteiger partial charge in [0.25, 0.3) is 0 Å². The van der Waals surface area contributed by atoms with Crippen molar-refractivity contribution in [1.29, 1.82) is 5.41 Å². The molecule has 0 radical (unpaired) electrons. The molecule has 3 N–H and O–H groups in total. The molecule has 2 aromatic rings. The number of amides is 2. The van der Waals surface area contributed by atoms with Crippen LogP contribution in [0.5, 0.6) is 0 Å². The number of hydrogen-bond acceptors (Lipinski definition) is 4. The van der Waals surface area contributed by atoms with Crippen molar-refractivity contribution in [2.75, 3.05) is 25.1 Å². The van der Waals surface area contributed by atoms with Crippen LogP contribution in [-0.4, -0.2) is 59.4 Å². The van der Waals surface area contributed by atoms with Crippen LogP contribution in [0.1, 0.15) is 30.9 Å². The average molecular weight is 433 g/mol. The van der Waals surface area contributed by atoms with Gasteiger partial charge in [-0.05, 0) is 67.8 Å². The van der Waals surface area contributed by atoms with Gasteiger partial charge < -0.3 is 20.3 Å². The molecule has 166 valence electrons. The molecule has 2 amide bonds. The number of hydrogen-bond donors (Lipinski definition) is 3. The minimum Gasteiger partial charge on any atom is -0.377 e. The fourth-order valence-corrected chi connectivity index (χ4v) is 3.38. The highest BCUT2D eigenvalue weighted by molar-refractivity contribution is 6.09. The van der Waals surface area contributed by atoms with Gasteiger partial charge in [-0.1, -0.05) is 6.08 Å². The summed E-state index contributed by atoms with van der Waals surface area (Å²) in [5.74, 6) is 0.876. The number of urea groups is 1. The quantitative estimate of drug-likeness (QED) is 0.497. The SMILES string of the molecule is CC1COCCN1C(C=Cc1ccncc1)=NC(=N)c1ccc(NC(=O)NC2CC2)cc1. The summed E-state index contributed by atoms with van der Waals surface area (Å²) < 4.78 is 5.56. The van der Waals surface area contributed by atoms with Crippen LogP contribution >= 0.6 is 0 Å². The molecule has 1 saturated carbocycles. The van der Waals surface area contributed by atoms with Gasteiger partial charge in [0.15, 0.2) is 5.84 Å². The maximum atomic E-state index is 11.9. The monoisotopic (exact) mass is 432 g/mol. The first-order valence-corrected chi connectivity index (χ1v) is 10.9. The fourth-order valence-electron chi connectivity index (χ4n) is 3.38. The molecule has 4 rings (SSSR count). The zero-order valence-electron chi connectivity index (χ0n) is 18.1. The van der Waals surface area contributed by atoms with E-state index in [0.717, 1.165) is 18.4 Å². The lowest BCUT2D eigenvalue weighted by molar-refractivity contribution is 0.0337. The molecule has 8 nitrogen and oxygen atoms in total. The van der Waals surface area contributed by atoms with Crippen molar-refractivity contribution < 1.29 is 9.53 Å². The smallest absolute Gasteiger partial charge is 0.319 e. The molecule has 1 aliphatic heterocycles. The van der Waals surface area contributed by atoms with E-state index in [9.17, 15) is 4.79 Å². The van der Waals surface area contributed by atoms with Gasteiger partial charge in [0, 0.05) is 36.2 Å². The van der Waals surface area contributed by atoms with Crippen molar-refractivity contribution in [2.45, 2.75) is 31.8 Å². The minimum atomic E-state index is -0.196. The molecule has 0 bridgehead atoms. The molecular formula is C24H28N6O2. The Morgan fingerprint density at radius 3 is 2.66 bits per heavy atom. The second-order valence-corrected chi connectivity index (χ2v) is 8.00. The second-order valence-electron chi connectivity index (χ2n) is 8.00. The molecule has 2 fully saturated rings. The van der Waals surface area contributed by atoms with Crippen molar-refractivity contribution in [3.05, 3.63) is 66.0 Å². The lowest BCUT2D eigenvalue weighted by Gasteiger charge is -2.35. The van der Waals surface area contributed by atoms with Crippen molar-refractivity contribution >= 4 is 29.5 Å². The van der Waals surface area contributed by atoms with Crippen LogP contribution in [-0.2, 0) is 4.74 Å². The molecule has 1 unspecified atom stereocenters. The van der Waals surface area contributed by atoms with Crippen LogP contribution in [0.25, 0.3) is 6.08 Å². The van der Waals surface area contributed by atoms with Crippen LogP contribution < -0.4 is 10.6 Å². The second kappa shape index (κ2) is 10.2. The zero-order valence-corrected chi connectivity index (χ0v) is 18.1. The van der Waals surface area contributed by atoms with Crippen molar-refractivity contribution in [3.63, 3.8) is 0 Å². The van der Waals surface area contributed by atoms with E-state index in [2.05, 4.69) is 32.4 Å². The lowest BCUT2D eigenvalue weighted by Crippen LogP contribution is -2.46. The number of aromatic nitrogens is 1. The molecule has 1 atom stereocenters. The van der Waals surface area contributed by atoms with Gasteiger partial charge in [0.1, 0.15) is 5.84 Å². The van der Waals surface area contributed by atoms with E-state index >= 15 is 0 Å². The van der Waals surface area contributed by atoms with Crippen molar-refractivity contribution in [3.8, 4) is 0 Å². The Morgan fingerprint density at radius 1 is 1.22 bits per heavy atom. The Hall–Kier alpha value is -3.52. The largest absolute Gasteiger partial charge is 0.377 e. The van der Waals surface area contributed by atoms with Crippen LogP contribution in [0.2, 0.25) is 0 Å². The summed E-state index contributed by atoms with van der Waals surface area (Å²) in [5, 5.41) is 14.3. The molecule has 2 heterocycles. The number of amidine groups is 2. The van der Waals surface area contributed by atoms with Crippen LogP contribution in [0.4, 0.5) is 10.5 Å². The Bertz CT molecular complexity index is 999. The minimum absolute atomic E-state index is 0.159. The van der Waals surface area contributed by atoms with E-state index in [1.807, 2.05) is 24.3 Å². The van der Waals surface area contributed by atoms with Gasteiger partial charge in [-0.15, -0.1) is 0 Å². The van der Waals surface area contributed by atoms with Crippen molar-refractivity contribution in [2.24, 2.45) is 4.99 Å². The predicted molar refractivity (Wildman–Crippen MR) is 126 cm³/mol. The van der Waals surface area contributed by atoms with Gasteiger partial charge in [-0.3, -0.25) is 10.4 Å². The molecule has 0 spiro atoms. The summed E-state index contributed by atoms with van der Waals surface area (Å²) in [7, 11) is 0. The number of benzene rings is 1. The number of ether oxygens (including phenoxy) is 1. The third kappa shape index (κ3) is 6.01. The number of morpholine rings is 1. The highest BCUT2D eigenvalue weighted by Crippen LogP contribution is 2.19. The predicted octanol–water partition coefficient (Wildman–Crippen LogP) is 3.52. The molecule has 2 aliphatic rings. The van der Waals surface area contributed by atoms with Gasteiger partial charge in [-0.2, -0.15) is 0 Å².